The molecule has 5 atom stereocenters. The quantitative estimate of drug-likeness (QED) is 0.513. The van der Waals surface area contributed by atoms with E-state index in [9.17, 15) is 32.8 Å². The molecule has 0 aromatic heterocycles. The van der Waals surface area contributed by atoms with Gasteiger partial charge in [-0.15, -0.1) is 13.2 Å². The zero-order chi connectivity index (χ0) is 28.8. The zero-order valence-electron chi connectivity index (χ0n) is 22.3. The number of carbonyl (C=O) groups is 3. The lowest BCUT2D eigenvalue weighted by atomic mass is 9.83. The molecule has 39 heavy (non-hydrogen) atoms. The van der Waals surface area contributed by atoms with Gasteiger partial charge in [0, 0.05) is 18.0 Å². The smallest absolute Gasteiger partial charge is 0.484 e. The second kappa shape index (κ2) is 10.2. The van der Waals surface area contributed by atoms with Crippen LogP contribution in [0.5, 0.6) is 11.5 Å². The van der Waals surface area contributed by atoms with E-state index in [0.29, 0.717) is 13.0 Å². The van der Waals surface area contributed by atoms with Gasteiger partial charge in [0.05, 0.1) is 6.07 Å². The molecule has 3 aliphatic rings. The zero-order valence-corrected chi connectivity index (χ0v) is 22.3. The van der Waals surface area contributed by atoms with Gasteiger partial charge in [0.25, 0.3) is 5.91 Å². The number of likely N-dealkylation sites (tertiary alicyclic amines) is 1. The summed E-state index contributed by atoms with van der Waals surface area (Å²) < 4.78 is 46.4. The van der Waals surface area contributed by atoms with Gasteiger partial charge in [-0.1, -0.05) is 13.8 Å². The molecule has 2 saturated heterocycles. The van der Waals surface area contributed by atoms with Crippen molar-refractivity contribution in [3.63, 3.8) is 0 Å². The summed E-state index contributed by atoms with van der Waals surface area (Å²) in [6.45, 7) is 7.87. The van der Waals surface area contributed by atoms with Crippen molar-refractivity contribution in [3.05, 3.63) is 24.3 Å². The first-order valence-electron chi connectivity index (χ1n) is 12.9. The molecule has 0 radical (unpaired) electrons. The number of benzene rings is 1. The SMILES string of the molecule is CC1(C)CC[C@@H](C[C@@H](C#N)NC(=O)[C@@H]2[C@@H]3[C@H](CN2C(=O)COc2ccc(OC(F)(F)F)cc2)C3(C)C)C(=O)N1. The van der Waals surface area contributed by atoms with Crippen LogP contribution in [0.25, 0.3) is 0 Å². The van der Waals surface area contributed by atoms with E-state index in [-0.39, 0.29) is 40.9 Å². The number of nitrogens with zero attached hydrogens (tertiary/aromatic N) is 2. The Labute approximate surface area is 225 Å². The molecule has 0 unspecified atom stereocenters. The minimum Gasteiger partial charge on any atom is -0.484 e. The van der Waals surface area contributed by atoms with Crippen molar-refractivity contribution in [1.82, 2.24) is 15.5 Å². The van der Waals surface area contributed by atoms with E-state index >= 15 is 0 Å². The highest BCUT2D eigenvalue weighted by Crippen LogP contribution is 2.64. The van der Waals surface area contributed by atoms with E-state index in [1.54, 1.807) is 0 Å². The average molecular weight is 551 g/mol. The monoisotopic (exact) mass is 550 g/mol. The lowest BCUT2D eigenvalue weighted by Crippen LogP contribution is -2.54. The molecule has 4 rings (SSSR count). The lowest BCUT2D eigenvalue weighted by Gasteiger charge is -2.36. The number of nitriles is 1. The first kappa shape index (κ1) is 28.5. The number of nitrogens with one attached hydrogen (secondary N) is 2. The lowest BCUT2D eigenvalue weighted by molar-refractivity contribution is -0.274. The van der Waals surface area contributed by atoms with Crippen LogP contribution in [0.3, 0.4) is 0 Å². The topological polar surface area (TPSA) is 121 Å². The maximum absolute atomic E-state index is 13.4. The van der Waals surface area contributed by atoms with E-state index < -0.39 is 48.5 Å². The molecule has 1 aromatic rings. The standard InChI is InChI=1S/C27H33F3N4O5/c1-25(2)10-9-15(23(36)33-25)11-16(12-31)32-24(37)22-21-19(26(21,3)4)13-34(22)20(35)14-38-17-5-7-18(8-6-17)39-27(28,29)30/h5-8,15-16,19,21-22H,9-11,13-14H2,1-4H3,(H,32,37)(H,33,36)/t15-,16-,19-,21-,22-/m0/s1. The number of piperidine rings is 2. The predicted octanol–water partition coefficient (Wildman–Crippen LogP) is 3.15. The van der Waals surface area contributed by atoms with E-state index in [2.05, 4.69) is 21.4 Å². The van der Waals surface area contributed by atoms with Crippen LogP contribution in [0.1, 0.15) is 47.0 Å². The van der Waals surface area contributed by atoms with Crippen LogP contribution in [-0.2, 0) is 14.4 Å². The second-order valence-corrected chi connectivity index (χ2v) is 11.8. The Kier molecular flexibility index (Phi) is 7.49. The Hall–Kier alpha value is -3.49. The molecule has 2 N–H and O–H groups in total. The third kappa shape index (κ3) is 6.40. The highest BCUT2D eigenvalue weighted by Gasteiger charge is 2.69. The fourth-order valence-electron chi connectivity index (χ4n) is 5.88. The number of carbonyl (C=O) groups excluding carboxylic acids is 3. The fraction of sp³-hybridized carbons (Fsp3) is 0.630. The summed E-state index contributed by atoms with van der Waals surface area (Å²) in [5.74, 6) is -1.65. The average Bonchev–Trinajstić information content (AvgIpc) is 3.15. The highest BCUT2D eigenvalue weighted by molar-refractivity contribution is 5.90. The molecule has 0 spiro atoms. The van der Waals surface area contributed by atoms with Gasteiger partial charge in [-0.3, -0.25) is 14.4 Å². The van der Waals surface area contributed by atoms with Crippen LogP contribution in [0.15, 0.2) is 24.3 Å². The van der Waals surface area contributed by atoms with Crippen molar-refractivity contribution in [2.45, 2.75) is 70.9 Å². The predicted molar refractivity (Wildman–Crippen MR) is 132 cm³/mol. The molecule has 12 heteroatoms. The van der Waals surface area contributed by atoms with Gasteiger partial charge < -0.3 is 25.0 Å². The Morgan fingerprint density at radius 2 is 1.85 bits per heavy atom. The van der Waals surface area contributed by atoms with Crippen molar-refractivity contribution in [3.8, 4) is 17.6 Å². The van der Waals surface area contributed by atoms with E-state index in [4.69, 9.17) is 4.74 Å². The summed E-state index contributed by atoms with van der Waals surface area (Å²) in [4.78, 5) is 40.4. The van der Waals surface area contributed by atoms with Crippen molar-refractivity contribution >= 4 is 17.7 Å². The molecule has 212 valence electrons. The molecule has 3 amide bonds. The Bertz CT molecular complexity index is 1160. The molecule has 1 saturated carbocycles. The number of hydrogen-bond acceptors (Lipinski definition) is 6. The molecule has 1 aliphatic carbocycles. The first-order chi connectivity index (χ1) is 18.1. The third-order valence-electron chi connectivity index (χ3n) is 8.16. The number of halogens is 3. The molecule has 2 aliphatic heterocycles. The van der Waals surface area contributed by atoms with Crippen molar-refractivity contribution in [1.29, 1.82) is 5.26 Å². The summed E-state index contributed by atoms with van der Waals surface area (Å²) in [6.07, 6.45) is -3.27. The van der Waals surface area contributed by atoms with E-state index in [0.717, 1.165) is 18.6 Å². The van der Waals surface area contributed by atoms with Crippen LogP contribution in [-0.4, -0.2) is 59.8 Å². The summed E-state index contributed by atoms with van der Waals surface area (Å²) >= 11 is 0. The van der Waals surface area contributed by atoms with Crippen molar-refractivity contribution in [2.24, 2.45) is 23.2 Å². The molecule has 2 heterocycles. The van der Waals surface area contributed by atoms with Crippen molar-refractivity contribution in [2.75, 3.05) is 13.2 Å². The molecule has 0 bridgehead atoms. The van der Waals surface area contributed by atoms with Crippen molar-refractivity contribution < 1.29 is 37.0 Å². The number of rotatable bonds is 8. The van der Waals surface area contributed by atoms with Gasteiger partial charge in [-0.05, 0) is 74.6 Å². The number of fused-ring (bicyclic) bond motifs is 1. The summed E-state index contributed by atoms with van der Waals surface area (Å²) in [6, 6.07) is 5.06. The number of hydrogen-bond donors (Lipinski definition) is 2. The van der Waals surface area contributed by atoms with Gasteiger partial charge >= 0.3 is 6.36 Å². The molecule has 1 aromatic carbocycles. The van der Waals surface area contributed by atoms with Crippen LogP contribution in [0.2, 0.25) is 0 Å². The normalized spacial score (nSPS) is 27.4. The van der Waals surface area contributed by atoms with Gasteiger partial charge in [0.2, 0.25) is 11.8 Å². The van der Waals surface area contributed by atoms with Gasteiger partial charge in [-0.2, -0.15) is 5.26 Å². The van der Waals surface area contributed by atoms with Crippen LogP contribution in [0, 0.1) is 34.5 Å². The molecular weight excluding hydrogens is 517 g/mol. The molecular formula is C27H33F3N4O5. The van der Waals surface area contributed by atoms with Crippen LogP contribution < -0.4 is 20.1 Å². The Balaban J connectivity index is 1.37. The molecule has 3 fully saturated rings. The van der Waals surface area contributed by atoms with Crippen LogP contribution in [0.4, 0.5) is 13.2 Å². The number of ether oxygens (including phenoxy) is 2. The van der Waals surface area contributed by atoms with E-state index in [1.807, 2.05) is 27.7 Å². The van der Waals surface area contributed by atoms with Gasteiger partial charge in [-0.25, -0.2) is 0 Å². The Morgan fingerprint density at radius 3 is 2.44 bits per heavy atom. The summed E-state index contributed by atoms with van der Waals surface area (Å²) in [5, 5.41) is 15.4. The fourth-order valence-corrected chi connectivity index (χ4v) is 5.88. The number of alkyl halides is 3. The third-order valence-corrected chi connectivity index (χ3v) is 8.16. The summed E-state index contributed by atoms with van der Waals surface area (Å²) in [7, 11) is 0. The first-order valence-corrected chi connectivity index (χ1v) is 12.9. The summed E-state index contributed by atoms with van der Waals surface area (Å²) in [5.41, 5.74) is -0.456. The van der Waals surface area contributed by atoms with Crippen LogP contribution >= 0.6 is 0 Å². The highest BCUT2D eigenvalue weighted by atomic mass is 19.4. The van der Waals surface area contributed by atoms with Gasteiger partial charge in [0.1, 0.15) is 23.6 Å². The maximum atomic E-state index is 13.4. The minimum absolute atomic E-state index is 0.0848. The molecule has 9 nitrogen and oxygen atoms in total. The second-order valence-electron chi connectivity index (χ2n) is 11.8. The van der Waals surface area contributed by atoms with Gasteiger partial charge in [0.15, 0.2) is 6.61 Å². The van der Waals surface area contributed by atoms with E-state index in [1.165, 1.54) is 17.0 Å². The Morgan fingerprint density at radius 1 is 1.21 bits per heavy atom. The minimum atomic E-state index is -4.82. The maximum Gasteiger partial charge on any atom is 0.573 e. The number of amides is 3. The largest absolute Gasteiger partial charge is 0.573 e.